The van der Waals surface area contributed by atoms with Crippen LogP contribution < -0.4 is 5.73 Å². The number of carbonyl (C=O) groups is 1. The van der Waals surface area contributed by atoms with Gasteiger partial charge in [0.15, 0.2) is 0 Å². The van der Waals surface area contributed by atoms with Gasteiger partial charge in [-0.2, -0.15) is 0 Å². The van der Waals surface area contributed by atoms with E-state index in [2.05, 4.69) is 18.8 Å². The van der Waals surface area contributed by atoms with Gasteiger partial charge in [0.05, 0.1) is 5.56 Å². The fraction of sp³-hybridized carbons (Fsp3) is 0.400. The van der Waals surface area contributed by atoms with Gasteiger partial charge in [-0.15, -0.1) is 0 Å². The monoisotopic (exact) mass is 257 g/mol. The molecule has 2 unspecified atom stereocenters. The third-order valence-corrected chi connectivity index (χ3v) is 3.98. The van der Waals surface area contributed by atoms with E-state index < -0.39 is 0 Å². The van der Waals surface area contributed by atoms with Gasteiger partial charge < -0.3 is 15.6 Å². The SMILES string of the molecule is CC1CC(C)N(C(=O)c2c[nH]c3cc(N)ccc23)C1. The van der Waals surface area contributed by atoms with Crippen LogP contribution in [0.3, 0.4) is 0 Å². The highest BCUT2D eigenvalue weighted by atomic mass is 16.2. The molecule has 1 fully saturated rings. The van der Waals surface area contributed by atoms with Crippen molar-refractivity contribution in [2.45, 2.75) is 26.3 Å². The molecule has 0 radical (unpaired) electrons. The molecule has 1 aromatic carbocycles. The summed E-state index contributed by atoms with van der Waals surface area (Å²) in [4.78, 5) is 17.7. The molecule has 2 aromatic rings. The van der Waals surface area contributed by atoms with E-state index in [1.54, 1.807) is 6.20 Å². The minimum atomic E-state index is 0.118. The summed E-state index contributed by atoms with van der Waals surface area (Å²) in [7, 11) is 0. The third kappa shape index (κ3) is 1.97. The van der Waals surface area contributed by atoms with Crippen molar-refractivity contribution in [1.82, 2.24) is 9.88 Å². The van der Waals surface area contributed by atoms with Crippen LogP contribution in [0.25, 0.3) is 10.9 Å². The molecule has 1 aliphatic rings. The molecule has 0 saturated carbocycles. The van der Waals surface area contributed by atoms with Crippen molar-refractivity contribution in [3.8, 4) is 0 Å². The molecule has 3 rings (SSSR count). The van der Waals surface area contributed by atoms with E-state index in [1.165, 1.54) is 0 Å². The van der Waals surface area contributed by atoms with Crippen molar-refractivity contribution in [3.05, 3.63) is 30.0 Å². The van der Waals surface area contributed by atoms with Gasteiger partial charge >= 0.3 is 0 Å². The van der Waals surface area contributed by atoms with Crippen molar-refractivity contribution in [2.75, 3.05) is 12.3 Å². The maximum absolute atomic E-state index is 12.6. The Morgan fingerprint density at radius 2 is 2.21 bits per heavy atom. The normalized spacial score (nSPS) is 23.2. The maximum atomic E-state index is 12.6. The van der Waals surface area contributed by atoms with Crippen LogP contribution in [0.1, 0.15) is 30.6 Å². The lowest BCUT2D eigenvalue weighted by Crippen LogP contribution is -2.33. The quantitative estimate of drug-likeness (QED) is 0.771. The van der Waals surface area contributed by atoms with Gasteiger partial charge in [0.1, 0.15) is 0 Å². The Morgan fingerprint density at radius 3 is 2.89 bits per heavy atom. The van der Waals surface area contributed by atoms with Crippen LogP contribution in [0.4, 0.5) is 5.69 Å². The maximum Gasteiger partial charge on any atom is 0.256 e. The highest BCUT2D eigenvalue weighted by Crippen LogP contribution is 2.27. The molecule has 0 aliphatic carbocycles. The molecule has 2 heterocycles. The third-order valence-electron chi connectivity index (χ3n) is 3.98. The molecular formula is C15H19N3O. The average molecular weight is 257 g/mol. The van der Waals surface area contributed by atoms with E-state index in [1.807, 2.05) is 23.1 Å². The van der Waals surface area contributed by atoms with Gasteiger partial charge in [-0.25, -0.2) is 0 Å². The predicted molar refractivity (Wildman–Crippen MR) is 77.0 cm³/mol. The van der Waals surface area contributed by atoms with Crippen molar-refractivity contribution in [2.24, 2.45) is 5.92 Å². The Kier molecular flexibility index (Phi) is 2.73. The number of likely N-dealkylation sites (tertiary alicyclic amines) is 1. The van der Waals surface area contributed by atoms with Crippen LogP contribution in [-0.2, 0) is 0 Å². The molecule has 1 aliphatic heterocycles. The van der Waals surface area contributed by atoms with Crippen molar-refractivity contribution in [1.29, 1.82) is 0 Å². The summed E-state index contributed by atoms with van der Waals surface area (Å²) in [5.74, 6) is 0.702. The molecule has 1 aromatic heterocycles. The number of nitrogen functional groups attached to an aromatic ring is 1. The lowest BCUT2D eigenvalue weighted by Gasteiger charge is -2.21. The zero-order chi connectivity index (χ0) is 13.6. The standard InChI is InChI=1S/C15H19N3O/c1-9-5-10(2)18(8-9)15(19)13-7-17-14-6-11(16)3-4-12(13)14/h3-4,6-7,9-10,17H,5,8,16H2,1-2H3. The van der Waals surface area contributed by atoms with E-state index in [0.717, 1.165) is 29.4 Å². The van der Waals surface area contributed by atoms with Crippen molar-refractivity contribution in [3.63, 3.8) is 0 Å². The Morgan fingerprint density at radius 1 is 1.42 bits per heavy atom. The van der Waals surface area contributed by atoms with Gasteiger partial charge in [0.2, 0.25) is 0 Å². The summed E-state index contributed by atoms with van der Waals surface area (Å²) in [6, 6.07) is 5.94. The number of rotatable bonds is 1. The van der Waals surface area contributed by atoms with E-state index in [9.17, 15) is 4.79 Å². The molecule has 100 valence electrons. The lowest BCUT2D eigenvalue weighted by molar-refractivity contribution is 0.0746. The summed E-state index contributed by atoms with van der Waals surface area (Å²) in [5.41, 5.74) is 8.13. The number of nitrogens with one attached hydrogen (secondary N) is 1. The average Bonchev–Trinajstić information content (AvgIpc) is 2.91. The zero-order valence-electron chi connectivity index (χ0n) is 11.3. The topological polar surface area (TPSA) is 62.1 Å². The number of fused-ring (bicyclic) bond motifs is 1. The summed E-state index contributed by atoms with van der Waals surface area (Å²) in [6.45, 7) is 5.16. The summed E-state index contributed by atoms with van der Waals surface area (Å²) < 4.78 is 0. The number of nitrogens with zero attached hydrogens (tertiary/aromatic N) is 1. The van der Waals surface area contributed by atoms with Crippen molar-refractivity contribution >= 4 is 22.5 Å². The first-order valence-corrected chi connectivity index (χ1v) is 6.74. The lowest BCUT2D eigenvalue weighted by atomic mass is 10.1. The Balaban J connectivity index is 1.98. The molecule has 3 N–H and O–H groups in total. The number of aromatic nitrogens is 1. The predicted octanol–water partition coefficient (Wildman–Crippen LogP) is 2.62. The van der Waals surface area contributed by atoms with E-state index in [4.69, 9.17) is 5.73 Å². The number of hydrogen-bond donors (Lipinski definition) is 2. The minimum Gasteiger partial charge on any atom is -0.399 e. The number of anilines is 1. The molecule has 2 atom stereocenters. The van der Waals surface area contributed by atoms with Gasteiger partial charge in [0.25, 0.3) is 5.91 Å². The van der Waals surface area contributed by atoms with Gasteiger partial charge in [-0.05, 0) is 37.5 Å². The van der Waals surface area contributed by atoms with E-state index in [-0.39, 0.29) is 5.91 Å². The highest BCUT2D eigenvalue weighted by molar-refractivity contribution is 6.07. The fourth-order valence-corrected chi connectivity index (χ4v) is 3.06. The van der Waals surface area contributed by atoms with Crippen LogP contribution >= 0.6 is 0 Å². The number of amides is 1. The number of nitrogens with two attached hydrogens (primary N) is 1. The molecular weight excluding hydrogens is 238 g/mol. The molecule has 0 bridgehead atoms. The molecule has 4 nitrogen and oxygen atoms in total. The van der Waals surface area contributed by atoms with Crippen LogP contribution in [0.5, 0.6) is 0 Å². The molecule has 4 heteroatoms. The Hall–Kier alpha value is -1.97. The second-order valence-electron chi connectivity index (χ2n) is 5.65. The van der Waals surface area contributed by atoms with Gasteiger partial charge in [-0.1, -0.05) is 6.92 Å². The zero-order valence-corrected chi connectivity index (χ0v) is 11.3. The molecule has 19 heavy (non-hydrogen) atoms. The molecule has 1 amide bonds. The fourth-order valence-electron chi connectivity index (χ4n) is 3.06. The first kappa shape index (κ1) is 12.1. The minimum absolute atomic E-state index is 0.118. The van der Waals surface area contributed by atoms with Gasteiger partial charge in [-0.3, -0.25) is 4.79 Å². The number of benzene rings is 1. The highest BCUT2D eigenvalue weighted by Gasteiger charge is 2.31. The second-order valence-corrected chi connectivity index (χ2v) is 5.65. The first-order chi connectivity index (χ1) is 9.06. The largest absolute Gasteiger partial charge is 0.399 e. The van der Waals surface area contributed by atoms with Crippen LogP contribution in [0, 0.1) is 5.92 Å². The smallest absolute Gasteiger partial charge is 0.256 e. The van der Waals surface area contributed by atoms with E-state index >= 15 is 0 Å². The van der Waals surface area contributed by atoms with Gasteiger partial charge in [0, 0.05) is 35.4 Å². The second kappa shape index (κ2) is 4.30. The Labute approximate surface area is 112 Å². The Bertz CT molecular complexity index is 631. The van der Waals surface area contributed by atoms with E-state index in [0.29, 0.717) is 17.6 Å². The van der Waals surface area contributed by atoms with Crippen LogP contribution in [0.2, 0.25) is 0 Å². The number of H-pyrrole nitrogens is 1. The summed E-state index contributed by atoms with van der Waals surface area (Å²) in [5, 5.41) is 0.950. The van der Waals surface area contributed by atoms with Crippen molar-refractivity contribution < 1.29 is 4.79 Å². The van der Waals surface area contributed by atoms with Crippen LogP contribution in [-0.4, -0.2) is 28.4 Å². The summed E-state index contributed by atoms with van der Waals surface area (Å²) >= 11 is 0. The number of aromatic amines is 1. The number of carbonyl (C=O) groups excluding carboxylic acids is 1. The number of hydrogen-bond acceptors (Lipinski definition) is 2. The summed E-state index contributed by atoms with van der Waals surface area (Å²) in [6.07, 6.45) is 2.88. The van der Waals surface area contributed by atoms with Crippen LogP contribution in [0.15, 0.2) is 24.4 Å². The molecule has 0 spiro atoms. The first-order valence-electron chi connectivity index (χ1n) is 6.74. The molecule has 1 saturated heterocycles.